The average Bonchev–Trinajstić information content (AvgIpc) is 3.71. The lowest BCUT2D eigenvalue weighted by Crippen LogP contribution is -2.36. The summed E-state index contributed by atoms with van der Waals surface area (Å²) in [4.78, 5) is 32.5. The number of carbonyl (C=O) groups excluding carboxylic acids is 2. The Morgan fingerprint density at radius 3 is 2.18 bits per heavy atom. The summed E-state index contributed by atoms with van der Waals surface area (Å²) < 4.78 is 17.6. The van der Waals surface area contributed by atoms with E-state index in [0.29, 0.717) is 48.4 Å². The number of carbonyl (C=O) groups is 2. The largest absolute Gasteiger partial charge is 0.493 e. The second-order valence-electron chi connectivity index (χ2n) is 13.6. The molecule has 0 spiro atoms. The molecule has 0 radical (unpaired) electrons. The Bertz CT molecular complexity index is 1670. The first-order chi connectivity index (χ1) is 24.5. The summed E-state index contributed by atoms with van der Waals surface area (Å²) in [6, 6.07) is 26.5. The van der Waals surface area contributed by atoms with Crippen LogP contribution < -0.4 is 9.47 Å². The fourth-order valence-electron chi connectivity index (χ4n) is 6.85. The Kier molecular flexibility index (Phi) is 12.8. The normalized spacial score (nSPS) is 15.1. The van der Waals surface area contributed by atoms with Gasteiger partial charge in [0.05, 0.1) is 17.2 Å². The average molecular weight is 695 g/mol. The molecule has 4 aromatic rings. The second-order valence-corrected chi connectivity index (χ2v) is 14.0. The molecule has 2 saturated carbocycles. The van der Waals surface area contributed by atoms with Crippen LogP contribution in [0.2, 0.25) is 5.02 Å². The lowest BCUT2D eigenvalue weighted by molar-refractivity contribution is -0.136. The molecule has 2 fully saturated rings. The van der Waals surface area contributed by atoms with E-state index in [1.54, 1.807) is 18.3 Å². The maximum atomic E-state index is 13.4. The number of nitrogens with zero attached hydrogens (tertiary/aromatic N) is 2. The van der Waals surface area contributed by atoms with E-state index in [0.717, 1.165) is 60.4 Å². The van der Waals surface area contributed by atoms with Gasteiger partial charge in [-0.1, -0.05) is 80.1 Å². The quantitative estimate of drug-likeness (QED) is 0.115. The number of hydrogen-bond donors (Lipinski definition) is 0. The van der Waals surface area contributed by atoms with Gasteiger partial charge in [0.25, 0.3) is 0 Å². The number of pyridine rings is 1. The molecule has 50 heavy (non-hydrogen) atoms. The molecule has 3 aromatic carbocycles. The number of benzene rings is 3. The van der Waals surface area contributed by atoms with Crippen molar-refractivity contribution in [3.63, 3.8) is 0 Å². The van der Waals surface area contributed by atoms with Crippen molar-refractivity contribution in [3.8, 4) is 11.5 Å². The van der Waals surface area contributed by atoms with Crippen LogP contribution in [0, 0.1) is 11.8 Å². The van der Waals surface area contributed by atoms with Crippen molar-refractivity contribution in [1.82, 2.24) is 9.88 Å². The highest BCUT2D eigenvalue weighted by molar-refractivity contribution is 6.32. The van der Waals surface area contributed by atoms with Gasteiger partial charge in [0.1, 0.15) is 24.7 Å². The molecular weight excluding hydrogens is 648 g/mol. The number of halogens is 1. The van der Waals surface area contributed by atoms with Crippen LogP contribution in [0.15, 0.2) is 91.1 Å². The molecule has 1 heterocycles. The SMILES string of the molecule is O=C(OCc1ccc(OCC2CCCCC2)cc1)c1ccc(COc2ccc(CN(CCc3ccccn3)C(=O)C3CCCC3)cc2Cl)cc1. The molecular formula is C42H47ClN2O5. The molecule has 0 saturated heterocycles. The lowest BCUT2D eigenvalue weighted by atomic mass is 9.90. The smallest absolute Gasteiger partial charge is 0.338 e. The van der Waals surface area contributed by atoms with Gasteiger partial charge in [-0.3, -0.25) is 9.78 Å². The summed E-state index contributed by atoms with van der Waals surface area (Å²) in [5.41, 5.74) is 4.21. The number of hydrogen-bond acceptors (Lipinski definition) is 6. The number of ether oxygens (including phenoxy) is 3. The maximum absolute atomic E-state index is 13.4. The fourth-order valence-corrected chi connectivity index (χ4v) is 7.11. The van der Waals surface area contributed by atoms with Crippen molar-refractivity contribution in [2.24, 2.45) is 11.8 Å². The first-order valence-electron chi connectivity index (χ1n) is 18.1. The van der Waals surface area contributed by atoms with Gasteiger partial charge in [-0.05, 0) is 96.8 Å². The maximum Gasteiger partial charge on any atom is 0.338 e. The van der Waals surface area contributed by atoms with Gasteiger partial charge in [0.15, 0.2) is 0 Å². The molecule has 0 unspecified atom stereocenters. The zero-order valence-electron chi connectivity index (χ0n) is 28.7. The van der Waals surface area contributed by atoms with E-state index in [2.05, 4.69) is 4.98 Å². The molecule has 2 aliphatic carbocycles. The highest BCUT2D eigenvalue weighted by Gasteiger charge is 2.27. The van der Waals surface area contributed by atoms with Gasteiger partial charge in [0.2, 0.25) is 5.91 Å². The van der Waals surface area contributed by atoms with E-state index >= 15 is 0 Å². The zero-order valence-corrected chi connectivity index (χ0v) is 29.5. The summed E-state index contributed by atoms with van der Waals surface area (Å²) in [7, 11) is 0. The van der Waals surface area contributed by atoms with Crippen molar-refractivity contribution in [2.45, 2.75) is 84.0 Å². The van der Waals surface area contributed by atoms with Gasteiger partial charge >= 0.3 is 5.97 Å². The molecule has 6 rings (SSSR count). The second kappa shape index (κ2) is 18.0. The van der Waals surface area contributed by atoms with Crippen molar-refractivity contribution < 1.29 is 23.8 Å². The fraction of sp³-hybridized carbons (Fsp3) is 0.405. The molecule has 262 valence electrons. The highest BCUT2D eigenvalue weighted by Crippen LogP contribution is 2.30. The van der Waals surface area contributed by atoms with E-state index in [9.17, 15) is 9.59 Å². The summed E-state index contributed by atoms with van der Waals surface area (Å²) in [6.45, 7) is 2.34. The van der Waals surface area contributed by atoms with Crippen LogP contribution in [-0.4, -0.2) is 34.9 Å². The van der Waals surface area contributed by atoms with E-state index in [-0.39, 0.29) is 24.4 Å². The van der Waals surface area contributed by atoms with E-state index in [4.69, 9.17) is 25.8 Å². The molecule has 0 N–H and O–H groups in total. The van der Waals surface area contributed by atoms with Crippen LogP contribution in [0.5, 0.6) is 11.5 Å². The molecule has 7 nitrogen and oxygen atoms in total. The number of rotatable bonds is 15. The first kappa shape index (κ1) is 35.5. The molecule has 2 aliphatic rings. The Morgan fingerprint density at radius 1 is 0.760 bits per heavy atom. The van der Waals surface area contributed by atoms with Crippen LogP contribution >= 0.6 is 11.6 Å². The molecule has 1 amide bonds. The molecule has 1 aromatic heterocycles. The van der Waals surface area contributed by atoms with Gasteiger partial charge in [-0.15, -0.1) is 0 Å². The zero-order chi connectivity index (χ0) is 34.5. The summed E-state index contributed by atoms with van der Waals surface area (Å²) in [5, 5.41) is 0.490. The topological polar surface area (TPSA) is 78.0 Å². The number of esters is 1. The minimum absolute atomic E-state index is 0.0956. The predicted molar refractivity (Wildman–Crippen MR) is 195 cm³/mol. The van der Waals surface area contributed by atoms with Gasteiger partial charge < -0.3 is 19.1 Å². The molecule has 0 aliphatic heterocycles. The molecule has 0 bridgehead atoms. The standard InChI is InChI=1S/C42H47ClN2O5/c43-39-26-34(27-45(41(46)35-10-4-5-11-35)25-23-37-12-6-7-24-44-37)17-22-40(39)49-29-32-13-18-36(19-14-32)42(47)50-30-33-15-20-38(21-16-33)48-28-31-8-2-1-3-9-31/h6-7,12-22,24,26,31,35H,1-5,8-11,23,25,27-30H2. The Balaban J connectivity index is 0.964. The molecule has 0 atom stereocenters. The highest BCUT2D eigenvalue weighted by atomic mass is 35.5. The summed E-state index contributed by atoms with van der Waals surface area (Å²) >= 11 is 6.66. The van der Waals surface area contributed by atoms with Gasteiger partial charge in [-0.25, -0.2) is 4.79 Å². The monoisotopic (exact) mass is 694 g/mol. The Labute approximate surface area is 300 Å². The van der Waals surface area contributed by atoms with Crippen LogP contribution in [0.1, 0.15) is 90.5 Å². The summed E-state index contributed by atoms with van der Waals surface area (Å²) in [6.07, 6.45) is 13.1. The van der Waals surface area contributed by atoms with Crippen LogP contribution in [-0.2, 0) is 35.7 Å². The number of amides is 1. The number of aromatic nitrogens is 1. The van der Waals surface area contributed by atoms with Gasteiger partial charge in [0, 0.05) is 37.3 Å². The minimum atomic E-state index is -0.380. The van der Waals surface area contributed by atoms with Crippen LogP contribution in [0.3, 0.4) is 0 Å². The Morgan fingerprint density at radius 2 is 1.46 bits per heavy atom. The van der Waals surface area contributed by atoms with E-state index in [1.165, 1.54) is 32.1 Å². The van der Waals surface area contributed by atoms with E-state index < -0.39 is 0 Å². The first-order valence-corrected chi connectivity index (χ1v) is 18.5. The van der Waals surface area contributed by atoms with Crippen LogP contribution in [0.4, 0.5) is 0 Å². The van der Waals surface area contributed by atoms with E-state index in [1.807, 2.05) is 77.7 Å². The third-order valence-electron chi connectivity index (χ3n) is 9.84. The molecule has 8 heteroatoms. The third-order valence-corrected chi connectivity index (χ3v) is 10.1. The van der Waals surface area contributed by atoms with Crippen molar-refractivity contribution >= 4 is 23.5 Å². The lowest BCUT2D eigenvalue weighted by Gasteiger charge is -2.26. The predicted octanol–water partition coefficient (Wildman–Crippen LogP) is 9.39. The Hall–Kier alpha value is -4.36. The summed E-state index contributed by atoms with van der Waals surface area (Å²) in [5.74, 6) is 2.00. The third kappa shape index (κ3) is 10.3. The van der Waals surface area contributed by atoms with Crippen molar-refractivity contribution in [3.05, 3.63) is 124 Å². The van der Waals surface area contributed by atoms with Crippen molar-refractivity contribution in [2.75, 3.05) is 13.2 Å². The van der Waals surface area contributed by atoms with Crippen LogP contribution in [0.25, 0.3) is 0 Å². The van der Waals surface area contributed by atoms with Gasteiger partial charge in [-0.2, -0.15) is 0 Å². The van der Waals surface area contributed by atoms with Crippen molar-refractivity contribution in [1.29, 1.82) is 0 Å². The minimum Gasteiger partial charge on any atom is -0.493 e.